The third-order valence-corrected chi connectivity index (χ3v) is 4.48. The summed E-state index contributed by atoms with van der Waals surface area (Å²) in [6.45, 7) is 8.21. The van der Waals surface area contributed by atoms with Gasteiger partial charge in [0.1, 0.15) is 0 Å². The van der Waals surface area contributed by atoms with Gasteiger partial charge in [0.05, 0.1) is 0 Å². The van der Waals surface area contributed by atoms with Gasteiger partial charge in [0.25, 0.3) is 0 Å². The van der Waals surface area contributed by atoms with Crippen LogP contribution in [0.3, 0.4) is 0 Å². The van der Waals surface area contributed by atoms with Crippen LogP contribution in [-0.2, 0) is 4.79 Å². The zero-order valence-corrected chi connectivity index (χ0v) is 12.9. The van der Waals surface area contributed by atoms with Crippen molar-refractivity contribution in [2.75, 3.05) is 13.1 Å². The molecular formula is C15H28ClNO. The molecule has 1 heterocycles. The van der Waals surface area contributed by atoms with Crippen LogP contribution in [0.4, 0.5) is 0 Å². The van der Waals surface area contributed by atoms with E-state index in [1.165, 1.54) is 0 Å². The second kappa shape index (κ2) is 8.04. The molecule has 1 saturated heterocycles. The van der Waals surface area contributed by atoms with E-state index in [2.05, 4.69) is 25.7 Å². The SMILES string of the molecule is CCCC(CCC)C(=O)N1CCC(C(C)Cl)CC1. The summed E-state index contributed by atoms with van der Waals surface area (Å²) < 4.78 is 0. The quantitative estimate of drug-likeness (QED) is 0.668. The van der Waals surface area contributed by atoms with Gasteiger partial charge in [0, 0.05) is 24.4 Å². The smallest absolute Gasteiger partial charge is 0.225 e. The Labute approximate surface area is 117 Å². The van der Waals surface area contributed by atoms with E-state index in [-0.39, 0.29) is 11.3 Å². The molecule has 18 heavy (non-hydrogen) atoms. The number of alkyl halides is 1. The molecular weight excluding hydrogens is 246 g/mol. The zero-order valence-electron chi connectivity index (χ0n) is 12.1. The molecule has 1 fully saturated rings. The fourth-order valence-electron chi connectivity index (χ4n) is 2.93. The van der Waals surface area contributed by atoms with Gasteiger partial charge in [-0.2, -0.15) is 0 Å². The molecule has 0 radical (unpaired) electrons. The molecule has 1 unspecified atom stereocenters. The Hall–Kier alpha value is -0.240. The van der Waals surface area contributed by atoms with Gasteiger partial charge in [-0.25, -0.2) is 0 Å². The molecule has 0 N–H and O–H groups in total. The van der Waals surface area contributed by atoms with Crippen molar-refractivity contribution < 1.29 is 4.79 Å². The first-order valence-electron chi connectivity index (χ1n) is 7.52. The molecule has 0 aromatic rings. The second-order valence-electron chi connectivity index (χ2n) is 5.61. The van der Waals surface area contributed by atoms with Crippen molar-refractivity contribution in [3.8, 4) is 0 Å². The third kappa shape index (κ3) is 4.46. The number of halogens is 1. The number of carbonyl (C=O) groups is 1. The van der Waals surface area contributed by atoms with Crippen molar-refractivity contribution >= 4 is 17.5 Å². The van der Waals surface area contributed by atoms with Crippen molar-refractivity contribution in [1.29, 1.82) is 0 Å². The van der Waals surface area contributed by atoms with Crippen molar-refractivity contribution in [2.24, 2.45) is 11.8 Å². The molecule has 1 amide bonds. The van der Waals surface area contributed by atoms with E-state index in [1.54, 1.807) is 0 Å². The number of amides is 1. The van der Waals surface area contributed by atoms with E-state index < -0.39 is 0 Å². The molecule has 2 nitrogen and oxygen atoms in total. The summed E-state index contributed by atoms with van der Waals surface area (Å²) in [5.74, 6) is 1.23. The van der Waals surface area contributed by atoms with E-state index in [9.17, 15) is 4.79 Å². The lowest BCUT2D eigenvalue weighted by Crippen LogP contribution is -2.43. The zero-order chi connectivity index (χ0) is 13.5. The highest BCUT2D eigenvalue weighted by Gasteiger charge is 2.28. The maximum absolute atomic E-state index is 12.4. The number of likely N-dealkylation sites (tertiary alicyclic amines) is 1. The number of piperidine rings is 1. The number of rotatable bonds is 6. The van der Waals surface area contributed by atoms with Crippen LogP contribution >= 0.6 is 11.6 Å². The Balaban J connectivity index is 2.47. The molecule has 0 aliphatic carbocycles. The first kappa shape index (κ1) is 15.8. The van der Waals surface area contributed by atoms with Gasteiger partial charge in [0.2, 0.25) is 5.91 Å². The van der Waals surface area contributed by atoms with Crippen LogP contribution in [0, 0.1) is 11.8 Å². The van der Waals surface area contributed by atoms with Crippen LogP contribution in [0.2, 0.25) is 0 Å². The summed E-state index contributed by atoms with van der Waals surface area (Å²) in [5, 5.41) is 0.240. The second-order valence-corrected chi connectivity index (χ2v) is 6.30. The monoisotopic (exact) mass is 273 g/mol. The van der Waals surface area contributed by atoms with Crippen molar-refractivity contribution in [3.63, 3.8) is 0 Å². The van der Waals surface area contributed by atoms with E-state index in [1.807, 2.05) is 0 Å². The van der Waals surface area contributed by atoms with Crippen LogP contribution < -0.4 is 0 Å². The first-order chi connectivity index (χ1) is 8.60. The normalized spacial score (nSPS) is 19.3. The highest BCUT2D eigenvalue weighted by molar-refractivity contribution is 6.20. The molecule has 1 aliphatic heterocycles. The van der Waals surface area contributed by atoms with Gasteiger partial charge >= 0.3 is 0 Å². The fourth-order valence-corrected chi connectivity index (χ4v) is 3.18. The van der Waals surface area contributed by atoms with Crippen molar-refractivity contribution in [2.45, 2.75) is 64.7 Å². The minimum atomic E-state index is 0.240. The molecule has 0 bridgehead atoms. The van der Waals surface area contributed by atoms with E-state index in [4.69, 9.17) is 11.6 Å². The summed E-state index contributed by atoms with van der Waals surface area (Å²) in [4.78, 5) is 14.5. The molecule has 0 spiro atoms. The number of hydrogen-bond donors (Lipinski definition) is 0. The largest absolute Gasteiger partial charge is 0.342 e. The minimum Gasteiger partial charge on any atom is -0.342 e. The van der Waals surface area contributed by atoms with Gasteiger partial charge < -0.3 is 4.90 Å². The standard InChI is InChI=1S/C15H28ClNO/c1-4-6-14(7-5-2)15(18)17-10-8-13(9-11-17)12(3)16/h12-14H,4-11H2,1-3H3. The predicted molar refractivity (Wildman–Crippen MR) is 77.9 cm³/mol. The van der Waals surface area contributed by atoms with E-state index in [0.29, 0.717) is 11.8 Å². The molecule has 0 aromatic heterocycles. The molecule has 3 heteroatoms. The van der Waals surface area contributed by atoms with Crippen LogP contribution in [0.1, 0.15) is 59.3 Å². The summed E-state index contributed by atoms with van der Waals surface area (Å²) in [7, 11) is 0. The van der Waals surface area contributed by atoms with Gasteiger partial charge in [-0.15, -0.1) is 11.6 Å². The highest BCUT2D eigenvalue weighted by Crippen LogP contribution is 2.26. The lowest BCUT2D eigenvalue weighted by Gasteiger charge is -2.35. The van der Waals surface area contributed by atoms with Gasteiger partial charge in [-0.05, 0) is 38.5 Å². The first-order valence-corrected chi connectivity index (χ1v) is 7.96. The Morgan fingerprint density at radius 2 is 1.72 bits per heavy atom. The minimum absolute atomic E-state index is 0.240. The van der Waals surface area contributed by atoms with Gasteiger partial charge in [0.15, 0.2) is 0 Å². The van der Waals surface area contributed by atoms with Crippen LogP contribution in [-0.4, -0.2) is 29.3 Å². The summed E-state index contributed by atoms with van der Waals surface area (Å²) in [6.07, 6.45) is 6.43. The maximum atomic E-state index is 12.4. The van der Waals surface area contributed by atoms with Gasteiger partial charge in [-0.3, -0.25) is 4.79 Å². The fraction of sp³-hybridized carbons (Fsp3) is 0.933. The molecule has 1 atom stereocenters. The lowest BCUT2D eigenvalue weighted by molar-refractivity contribution is -0.137. The Bertz CT molecular complexity index is 241. The van der Waals surface area contributed by atoms with Crippen LogP contribution in [0.5, 0.6) is 0 Å². The Morgan fingerprint density at radius 3 is 2.11 bits per heavy atom. The summed E-state index contributed by atoms with van der Waals surface area (Å²) >= 11 is 6.14. The number of hydrogen-bond acceptors (Lipinski definition) is 1. The summed E-state index contributed by atoms with van der Waals surface area (Å²) in [5.41, 5.74) is 0. The van der Waals surface area contributed by atoms with Crippen LogP contribution in [0.25, 0.3) is 0 Å². The maximum Gasteiger partial charge on any atom is 0.225 e. The van der Waals surface area contributed by atoms with Crippen molar-refractivity contribution in [3.05, 3.63) is 0 Å². The molecule has 1 aliphatic rings. The van der Waals surface area contributed by atoms with E-state index in [0.717, 1.165) is 51.6 Å². The topological polar surface area (TPSA) is 20.3 Å². The van der Waals surface area contributed by atoms with E-state index >= 15 is 0 Å². The van der Waals surface area contributed by atoms with Crippen molar-refractivity contribution in [1.82, 2.24) is 4.90 Å². The van der Waals surface area contributed by atoms with Gasteiger partial charge in [-0.1, -0.05) is 26.7 Å². The Morgan fingerprint density at radius 1 is 1.22 bits per heavy atom. The number of nitrogens with zero attached hydrogens (tertiary/aromatic N) is 1. The lowest BCUT2D eigenvalue weighted by atomic mass is 9.91. The predicted octanol–water partition coefficient (Wildman–Crippen LogP) is 4.07. The highest BCUT2D eigenvalue weighted by atomic mass is 35.5. The molecule has 0 saturated carbocycles. The third-order valence-electron chi connectivity index (χ3n) is 4.12. The van der Waals surface area contributed by atoms with Crippen LogP contribution in [0.15, 0.2) is 0 Å². The molecule has 1 rings (SSSR count). The molecule has 0 aromatic carbocycles. The average molecular weight is 274 g/mol. The molecule has 106 valence electrons. The number of carbonyl (C=O) groups excluding carboxylic acids is 1. The average Bonchev–Trinajstić information content (AvgIpc) is 2.38. The Kier molecular flexibility index (Phi) is 7.06. The summed E-state index contributed by atoms with van der Waals surface area (Å²) in [6, 6.07) is 0.